The molecule has 0 nitrogen and oxygen atoms in total. The fraction of sp³-hybridized carbons (Fsp3) is 0. The summed E-state index contributed by atoms with van der Waals surface area (Å²) >= 11 is 0. The second kappa shape index (κ2) is 12600. The molecule has 0 aliphatic carbocycles. The van der Waals surface area contributed by atoms with Crippen molar-refractivity contribution in [3.8, 4) is 0 Å². The van der Waals surface area contributed by atoms with Gasteiger partial charge in [0.05, 0.1) is 0 Å². The van der Waals surface area contributed by atoms with Gasteiger partial charge in [-0.3, -0.25) is 0 Å². The molecule has 0 aromatic carbocycles. The molecule has 0 aromatic rings. The van der Waals surface area contributed by atoms with Crippen molar-refractivity contribution in [2.45, 2.75) is 0 Å². The summed E-state index contributed by atoms with van der Waals surface area (Å²) in [6.07, 6.45) is 0. The van der Waals surface area contributed by atoms with E-state index >= 15 is 0 Å². The molecule has 0 fully saturated rings. The molecule has 49 valence electrons. The molecule has 7 heavy (non-hydrogen) atoms. The van der Waals surface area contributed by atoms with Crippen molar-refractivity contribution in [3.05, 3.63) is 0 Å². The van der Waals surface area contributed by atoms with Crippen molar-refractivity contribution in [2.24, 2.45) is 0 Å². The minimum Gasteiger partial charge on any atom is -1.00 e. The van der Waals surface area contributed by atoms with Gasteiger partial charge in [-0.2, -0.15) is 0 Å². The van der Waals surface area contributed by atoms with Gasteiger partial charge >= 0.3 is 17.4 Å². The van der Waals surface area contributed by atoms with Crippen LogP contribution in [0, 0.1) is 0 Å². The summed E-state index contributed by atoms with van der Waals surface area (Å²) in [5.74, 6) is 0. The molecular weight excluding hydrogens is 166 g/mol. The SMILES string of the molecule is [Cr+5].[F-].[F-].[F-].[F-].[F-].[F-]. The fourth-order valence-electron chi connectivity index (χ4n) is 0. The predicted octanol–water partition coefficient (Wildman–Crippen LogP) is -18.0. The average Bonchev–Trinajstić information content (AvgIpc) is 0. The van der Waals surface area contributed by atoms with Crippen LogP contribution in [0.25, 0.3) is 0 Å². The maximum Gasteiger partial charge on any atom is 5.00 e. The van der Waals surface area contributed by atoms with Crippen LogP contribution in [0.4, 0.5) is 0 Å². The van der Waals surface area contributed by atoms with E-state index in [4.69, 9.17) is 0 Å². The number of rotatable bonds is 0. The van der Waals surface area contributed by atoms with Crippen molar-refractivity contribution in [2.75, 3.05) is 0 Å². The average molecular weight is 166 g/mol. The first-order valence-electron chi connectivity index (χ1n) is 0. The van der Waals surface area contributed by atoms with E-state index in [2.05, 4.69) is 0 Å². The third-order valence-corrected chi connectivity index (χ3v) is 0. The number of hydrogen-bond acceptors (Lipinski definition) is 0. The summed E-state index contributed by atoms with van der Waals surface area (Å²) in [5.41, 5.74) is 0. The van der Waals surface area contributed by atoms with Crippen molar-refractivity contribution in [1.82, 2.24) is 0 Å². The van der Waals surface area contributed by atoms with E-state index in [-0.39, 0.29) is 45.6 Å². The Labute approximate surface area is 46.6 Å². The number of hydrogen-bond donors (Lipinski definition) is 0. The van der Waals surface area contributed by atoms with E-state index < -0.39 is 0 Å². The monoisotopic (exact) mass is 166 g/mol. The molecule has 0 aliphatic heterocycles. The zero-order valence-corrected chi connectivity index (χ0v) is 3.95. The molecular formula is CrF6-. The maximum absolute atomic E-state index is 0. The summed E-state index contributed by atoms with van der Waals surface area (Å²) in [6, 6.07) is 0. The Kier molecular flexibility index (Phi) is 37900000. The molecule has 0 atom stereocenters. The summed E-state index contributed by atoms with van der Waals surface area (Å²) in [7, 11) is 0. The van der Waals surface area contributed by atoms with Gasteiger partial charge in [-0.1, -0.05) is 0 Å². The molecule has 0 aliphatic rings. The van der Waals surface area contributed by atoms with Gasteiger partial charge < -0.3 is 28.2 Å². The summed E-state index contributed by atoms with van der Waals surface area (Å²) in [4.78, 5) is 0. The zero-order valence-electron chi connectivity index (χ0n) is 2.68. The van der Waals surface area contributed by atoms with Gasteiger partial charge in [0.15, 0.2) is 0 Å². The largest absolute Gasteiger partial charge is 5.00 e. The first-order chi connectivity index (χ1) is 0. The normalized spacial score (nSPS) is 0. The van der Waals surface area contributed by atoms with Crippen molar-refractivity contribution in [3.63, 3.8) is 0 Å². The quantitative estimate of drug-likeness (QED) is 0.313. The van der Waals surface area contributed by atoms with Crippen LogP contribution in [-0.4, -0.2) is 0 Å². The topological polar surface area (TPSA) is 0 Å². The van der Waals surface area contributed by atoms with Gasteiger partial charge in [0.1, 0.15) is 0 Å². The van der Waals surface area contributed by atoms with Crippen LogP contribution in [0.2, 0.25) is 0 Å². The molecule has 0 saturated heterocycles. The van der Waals surface area contributed by atoms with E-state index in [9.17, 15) is 0 Å². The third-order valence-electron chi connectivity index (χ3n) is 0. The molecule has 0 heterocycles. The Morgan fingerprint density at radius 1 is 0.286 bits per heavy atom. The zero-order chi connectivity index (χ0) is 0. The van der Waals surface area contributed by atoms with Crippen LogP contribution in [0.15, 0.2) is 0 Å². The first-order valence-corrected chi connectivity index (χ1v) is 0. The minimum atomic E-state index is 0. The van der Waals surface area contributed by atoms with Gasteiger partial charge in [0.25, 0.3) is 0 Å². The predicted molar refractivity (Wildman–Crippen MR) is 0 cm³/mol. The molecule has 0 rings (SSSR count). The molecule has 0 spiro atoms. The molecule has 7 heteroatoms. The van der Waals surface area contributed by atoms with Gasteiger partial charge in [-0.25, -0.2) is 0 Å². The third kappa shape index (κ3) is 8170. The van der Waals surface area contributed by atoms with Crippen LogP contribution in [0.3, 0.4) is 0 Å². The Morgan fingerprint density at radius 3 is 0.286 bits per heavy atom. The van der Waals surface area contributed by atoms with Crippen LogP contribution >= 0.6 is 0 Å². The fourth-order valence-corrected chi connectivity index (χ4v) is 0. The maximum atomic E-state index is 0. The molecule has 0 bridgehead atoms. The van der Waals surface area contributed by atoms with E-state index in [1.807, 2.05) is 0 Å². The van der Waals surface area contributed by atoms with E-state index in [1.165, 1.54) is 0 Å². The Hall–Kier alpha value is 0.112. The molecule has 1 radical (unpaired) electrons. The smallest absolute Gasteiger partial charge is 1.00 e. The van der Waals surface area contributed by atoms with Crippen LogP contribution in [-0.2, 0) is 17.4 Å². The van der Waals surface area contributed by atoms with E-state index in [0.717, 1.165) is 0 Å². The van der Waals surface area contributed by atoms with Gasteiger partial charge in [-0.05, 0) is 0 Å². The number of halogens is 6. The van der Waals surface area contributed by atoms with Crippen LogP contribution in [0.5, 0.6) is 0 Å². The van der Waals surface area contributed by atoms with Crippen molar-refractivity contribution < 1.29 is 45.6 Å². The second-order valence-electron chi connectivity index (χ2n) is 0. The van der Waals surface area contributed by atoms with Crippen molar-refractivity contribution >= 4 is 0 Å². The van der Waals surface area contributed by atoms with Crippen LogP contribution in [0.1, 0.15) is 0 Å². The summed E-state index contributed by atoms with van der Waals surface area (Å²) in [6.45, 7) is 0. The second-order valence-corrected chi connectivity index (χ2v) is 0. The van der Waals surface area contributed by atoms with E-state index in [0.29, 0.717) is 0 Å². The Morgan fingerprint density at radius 2 is 0.286 bits per heavy atom. The Bertz CT molecular complexity index is 4.14. The summed E-state index contributed by atoms with van der Waals surface area (Å²) in [5, 5.41) is 0. The van der Waals surface area contributed by atoms with Gasteiger partial charge in [0.2, 0.25) is 0 Å². The molecule has 0 N–H and O–H groups in total. The Balaban J connectivity index is 0. The molecule has 0 aromatic heterocycles. The molecule has 0 amide bonds. The molecule has 0 saturated carbocycles. The van der Waals surface area contributed by atoms with Gasteiger partial charge in [0, 0.05) is 0 Å². The summed E-state index contributed by atoms with van der Waals surface area (Å²) < 4.78 is 0. The van der Waals surface area contributed by atoms with Crippen molar-refractivity contribution in [1.29, 1.82) is 0 Å². The minimum absolute atomic E-state index is 0. The van der Waals surface area contributed by atoms with E-state index in [1.54, 1.807) is 0 Å². The molecule has 0 unspecified atom stereocenters. The first kappa shape index (κ1) is 21000. The van der Waals surface area contributed by atoms with Crippen LogP contribution < -0.4 is 28.2 Å². The van der Waals surface area contributed by atoms with Gasteiger partial charge in [-0.15, -0.1) is 0 Å². The standard InChI is InChI=1S/Cr.6FH/h;6*1H/q+5;;;;;;/p-6.